The molecule has 0 unspecified atom stereocenters. The Labute approximate surface area is 87.5 Å². The van der Waals surface area contributed by atoms with Crippen LogP contribution in [0.25, 0.3) is 10.9 Å². The summed E-state index contributed by atoms with van der Waals surface area (Å²) in [5, 5.41) is 0.331. The standard InChI is InChI=1S/C8H6F3N5/c9-8(10,11)7-14-5-1-2-13-3-4(5)6(15-7)16-12/h1-3H,12H2,(H,14,15,16). The highest BCUT2D eigenvalue weighted by Gasteiger charge is 2.35. The van der Waals surface area contributed by atoms with Crippen molar-refractivity contribution in [1.82, 2.24) is 15.0 Å². The SMILES string of the molecule is NNc1nc(C(F)(F)F)nc2ccncc12. The smallest absolute Gasteiger partial charge is 0.308 e. The molecule has 0 aliphatic carbocycles. The van der Waals surface area contributed by atoms with E-state index in [0.29, 0.717) is 5.39 Å². The molecule has 0 fully saturated rings. The summed E-state index contributed by atoms with van der Waals surface area (Å²) in [6.07, 6.45) is -1.93. The average Bonchev–Trinajstić information content (AvgIpc) is 2.26. The highest BCUT2D eigenvalue weighted by molar-refractivity contribution is 5.87. The highest BCUT2D eigenvalue weighted by atomic mass is 19.4. The minimum absolute atomic E-state index is 0.106. The van der Waals surface area contributed by atoms with Gasteiger partial charge in [0.25, 0.3) is 0 Å². The molecule has 2 rings (SSSR count). The lowest BCUT2D eigenvalue weighted by atomic mass is 10.3. The molecular weight excluding hydrogens is 223 g/mol. The van der Waals surface area contributed by atoms with Crippen molar-refractivity contribution in [2.75, 3.05) is 5.43 Å². The Morgan fingerprint density at radius 1 is 1.25 bits per heavy atom. The maximum Gasteiger partial charge on any atom is 0.451 e. The summed E-state index contributed by atoms with van der Waals surface area (Å²) < 4.78 is 37.3. The van der Waals surface area contributed by atoms with Crippen LogP contribution in [0.15, 0.2) is 18.5 Å². The number of halogens is 3. The lowest BCUT2D eigenvalue weighted by molar-refractivity contribution is -0.144. The number of alkyl halides is 3. The Balaban J connectivity index is 2.73. The fourth-order valence-corrected chi connectivity index (χ4v) is 1.21. The zero-order valence-corrected chi connectivity index (χ0v) is 7.78. The second-order valence-corrected chi connectivity index (χ2v) is 2.93. The molecule has 8 heteroatoms. The molecule has 84 valence electrons. The van der Waals surface area contributed by atoms with Crippen LogP contribution in [-0.2, 0) is 6.18 Å². The number of nitrogens with zero attached hydrogens (tertiary/aromatic N) is 3. The average molecular weight is 229 g/mol. The van der Waals surface area contributed by atoms with Gasteiger partial charge in [-0.15, -0.1) is 0 Å². The first-order chi connectivity index (χ1) is 7.52. The summed E-state index contributed by atoms with van der Waals surface area (Å²) in [6.45, 7) is 0. The van der Waals surface area contributed by atoms with Gasteiger partial charge in [-0.05, 0) is 6.07 Å². The minimum atomic E-state index is -4.61. The lowest BCUT2D eigenvalue weighted by Gasteiger charge is -2.09. The number of anilines is 1. The van der Waals surface area contributed by atoms with E-state index in [1.807, 2.05) is 0 Å². The van der Waals surface area contributed by atoms with Crippen molar-refractivity contribution in [2.45, 2.75) is 6.18 Å². The van der Waals surface area contributed by atoms with Gasteiger partial charge in [-0.3, -0.25) is 4.98 Å². The monoisotopic (exact) mass is 229 g/mol. The maximum absolute atomic E-state index is 12.4. The largest absolute Gasteiger partial charge is 0.451 e. The summed E-state index contributed by atoms with van der Waals surface area (Å²) in [5.41, 5.74) is 2.22. The van der Waals surface area contributed by atoms with Gasteiger partial charge in [0.05, 0.1) is 10.9 Å². The predicted molar refractivity (Wildman–Crippen MR) is 50.1 cm³/mol. The fraction of sp³-hybridized carbons (Fsp3) is 0.125. The molecule has 0 aliphatic heterocycles. The second kappa shape index (κ2) is 3.56. The van der Waals surface area contributed by atoms with Crippen LogP contribution >= 0.6 is 0 Å². The van der Waals surface area contributed by atoms with Gasteiger partial charge < -0.3 is 5.43 Å². The van der Waals surface area contributed by atoms with Crippen LogP contribution in [0.1, 0.15) is 5.82 Å². The molecule has 3 N–H and O–H groups in total. The molecule has 2 aromatic rings. The summed E-state index contributed by atoms with van der Waals surface area (Å²) in [6, 6.07) is 1.35. The molecule has 0 spiro atoms. The number of hydrogen-bond donors (Lipinski definition) is 2. The van der Waals surface area contributed by atoms with Crippen molar-refractivity contribution >= 4 is 16.7 Å². The van der Waals surface area contributed by atoms with Crippen molar-refractivity contribution in [3.05, 3.63) is 24.3 Å². The molecule has 0 bridgehead atoms. The number of aromatic nitrogens is 3. The molecule has 0 amide bonds. The number of nitrogen functional groups attached to an aromatic ring is 1. The number of rotatable bonds is 1. The third kappa shape index (κ3) is 1.74. The lowest BCUT2D eigenvalue weighted by Crippen LogP contribution is -2.16. The Morgan fingerprint density at radius 3 is 2.62 bits per heavy atom. The van der Waals surface area contributed by atoms with Gasteiger partial charge >= 0.3 is 6.18 Å². The van der Waals surface area contributed by atoms with Gasteiger partial charge in [-0.2, -0.15) is 13.2 Å². The summed E-state index contributed by atoms with van der Waals surface area (Å²) >= 11 is 0. The minimum Gasteiger partial charge on any atom is -0.308 e. The first kappa shape index (κ1) is 10.6. The normalized spacial score (nSPS) is 11.8. The Bertz CT molecular complexity index is 525. The van der Waals surface area contributed by atoms with E-state index in [1.165, 1.54) is 18.5 Å². The molecule has 2 heterocycles. The van der Waals surface area contributed by atoms with Crippen LogP contribution in [0.4, 0.5) is 19.0 Å². The van der Waals surface area contributed by atoms with E-state index in [9.17, 15) is 13.2 Å². The van der Waals surface area contributed by atoms with Gasteiger partial charge in [-0.25, -0.2) is 15.8 Å². The number of hydrogen-bond acceptors (Lipinski definition) is 5. The summed E-state index contributed by atoms with van der Waals surface area (Å²) in [4.78, 5) is 10.4. The molecule has 0 atom stereocenters. The first-order valence-corrected chi connectivity index (χ1v) is 4.18. The number of fused-ring (bicyclic) bond motifs is 1. The van der Waals surface area contributed by atoms with E-state index in [1.54, 1.807) is 0 Å². The Hall–Kier alpha value is -1.96. The molecule has 0 radical (unpaired) electrons. The van der Waals surface area contributed by atoms with Crippen molar-refractivity contribution < 1.29 is 13.2 Å². The van der Waals surface area contributed by atoms with Gasteiger partial charge in [0, 0.05) is 12.4 Å². The topological polar surface area (TPSA) is 76.7 Å². The molecule has 16 heavy (non-hydrogen) atoms. The van der Waals surface area contributed by atoms with Gasteiger partial charge in [0.2, 0.25) is 5.82 Å². The van der Waals surface area contributed by atoms with Gasteiger partial charge in [0.15, 0.2) is 5.82 Å². The molecule has 0 aliphatic rings. The van der Waals surface area contributed by atoms with Crippen molar-refractivity contribution in [1.29, 1.82) is 0 Å². The number of nitrogens with two attached hydrogens (primary N) is 1. The van der Waals surface area contributed by atoms with Crippen LogP contribution in [0.3, 0.4) is 0 Å². The maximum atomic E-state index is 12.4. The van der Waals surface area contributed by atoms with E-state index in [0.717, 1.165) is 0 Å². The van der Waals surface area contributed by atoms with E-state index in [4.69, 9.17) is 5.84 Å². The van der Waals surface area contributed by atoms with Crippen molar-refractivity contribution in [2.24, 2.45) is 5.84 Å². The molecule has 5 nitrogen and oxygen atoms in total. The zero-order valence-electron chi connectivity index (χ0n) is 7.78. The third-order valence-electron chi connectivity index (χ3n) is 1.89. The van der Waals surface area contributed by atoms with E-state index in [2.05, 4.69) is 20.4 Å². The van der Waals surface area contributed by atoms with Crippen LogP contribution in [0.2, 0.25) is 0 Å². The van der Waals surface area contributed by atoms with Crippen LogP contribution in [-0.4, -0.2) is 15.0 Å². The van der Waals surface area contributed by atoms with E-state index >= 15 is 0 Å². The molecular formula is C8H6F3N5. The predicted octanol–water partition coefficient (Wildman–Crippen LogP) is 1.33. The molecule has 0 saturated heterocycles. The quantitative estimate of drug-likeness (QED) is 0.569. The van der Waals surface area contributed by atoms with Crippen LogP contribution in [0.5, 0.6) is 0 Å². The van der Waals surface area contributed by atoms with Gasteiger partial charge in [0.1, 0.15) is 0 Å². The van der Waals surface area contributed by atoms with Crippen molar-refractivity contribution in [3.8, 4) is 0 Å². The first-order valence-electron chi connectivity index (χ1n) is 4.18. The van der Waals surface area contributed by atoms with Crippen molar-refractivity contribution in [3.63, 3.8) is 0 Å². The Morgan fingerprint density at radius 2 is 2.00 bits per heavy atom. The van der Waals surface area contributed by atoms with Gasteiger partial charge in [-0.1, -0.05) is 0 Å². The second-order valence-electron chi connectivity index (χ2n) is 2.93. The summed E-state index contributed by atoms with van der Waals surface area (Å²) in [7, 11) is 0. The van der Waals surface area contributed by atoms with E-state index < -0.39 is 12.0 Å². The highest BCUT2D eigenvalue weighted by Crippen LogP contribution is 2.29. The molecule has 0 aromatic carbocycles. The fourth-order valence-electron chi connectivity index (χ4n) is 1.21. The third-order valence-corrected chi connectivity index (χ3v) is 1.89. The number of pyridine rings is 1. The van der Waals surface area contributed by atoms with E-state index in [-0.39, 0.29) is 11.3 Å². The molecule has 2 aromatic heterocycles. The van der Waals surface area contributed by atoms with Crippen LogP contribution < -0.4 is 11.3 Å². The zero-order chi connectivity index (χ0) is 11.8. The summed E-state index contributed by atoms with van der Waals surface area (Å²) in [5.74, 6) is 3.75. The number of nitrogens with one attached hydrogen (secondary N) is 1. The Kier molecular flexibility index (Phi) is 2.35. The number of hydrazine groups is 1. The van der Waals surface area contributed by atoms with Crippen LogP contribution in [0, 0.1) is 0 Å². The molecule has 0 saturated carbocycles.